The molecule has 16 heteroatoms. The van der Waals surface area contributed by atoms with E-state index < -0.39 is 50.3 Å². The lowest BCUT2D eigenvalue weighted by molar-refractivity contribution is 0.0772. The van der Waals surface area contributed by atoms with Gasteiger partial charge in [-0.2, -0.15) is 9.61 Å². The number of halogens is 6. The third kappa shape index (κ3) is 5.40. The number of amides is 1. The maximum atomic E-state index is 13.3. The number of carbonyl (C=O) groups excluding carboxylic acids is 2. The van der Waals surface area contributed by atoms with Gasteiger partial charge in [-0.05, 0) is 26.0 Å². The van der Waals surface area contributed by atoms with E-state index in [1.54, 1.807) is 13.8 Å². The van der Waals surface area contributed by atoms with Crippen molar-refractivity contribution in [3.63, 3.8) is 0 Å². The predicted octanol–water partition coefficient (Wildman–Crippen LogP) is 4.69. The van der Waals surface area contributed by atoms with Crippen LogP contribution in [0.1, 0.15) is 34.6 Å². The number of hydrogen-bond acceptors (Lipinski definition) is 6. The Bertz CT molecular complexity index is 1400. The van der Waals surface area contributed by atoms with Crippen LogP contribution in [0.4, 0.5) is 19.4 Å². The van der Waals surface area contributed by atoms with Crippen LogP contribution in [0.15, 0.2) is 29.2 Å². The first kappa shape index (κ1) is 26.4. The summed E-state index contributed by atoms with van der Waals surface area (Å²) in [7, 11) is -9.14. The largest absolute Gasteiger partial charge is 0.497 e. The van der Waals surface area contributed by atoms with Crippen LogP contribution < -0.4 is 10.4 Å². The van der Waals surface area contributed by atoms with E-state index in [2.05, 4.69) is 14.9 Å². The van der Waals surface area contributed by atoms with Crippen molar-refractivity contribution in [3.8, 4) is 5.75 Å². The van der Waals surface area contributed by atoms with Crippen molar-refractivity contribution in [1.82, 2.24) is 24.3 Å². The Morgan fingerprint density at radius 2 is 1.71 bits per heavy atom. The minimum atomic E-state index is -10.1. The van der Waals surface area contributed by atoms with Gasteiger partial charge in [-0.3, -0.25) is 15.0 Å². The lowest BCUT2D eigenvalue weighted by Crippen LogP contribution is -2.31. The van der Waals surface area contributed by atoms with Crippen LogP contribution in [0, 0.1) is 5.41 Å². The number of ether oxygens (including phenoxy) is 1. The Balaban J connectivity index is 2.03. The molecule has 0 bridgehead atoms. The van der Waals surface area contributed by atoms with E-state index in [-0.39, 0.29) is 28.5 Å². The van der Waals surface area contributed by atoms with Gasteiger partial charge in [0.1, 0.15) is 17.2 Å². The summed E-state index contributed by atoms with van der Waals surface area (Å²) in [6.45, 7) is 3.53. The molecule has 0 fully saturated rings. The SMILES string of the molecule is CCN(CC)C(=O)c1cc2nn(CC(=O)c3cc(OC)cc(S(F)(F)(F)(F)F)c3)c(=N)n2nc1Cl. The molecule has 0 unspecified atom stereocenters. The molecule has 1 amide bonds. The molecular formula is C19H20ClF5N6O3S. The quantitative estimate of drug-likeness (QED) is 0.328. The number of ketones is 1. The molecule has 192 valence electrons. The summed E-state index contributed by atoms with van der Waals surface area (Å²) >= 11 is 6.10. The first-order valence-corrected chi connectivity index (χ1v) is 12.3. The summed E-state index contributed by atoms with van der Waals surface area (Å²) in [5.74, 6) is -2.09. The fourth-order valence-electron chi connectivity index (χ4n) is 3.19. The van der Waals surface area contributed by atoms with E-state index in [4.69, 9.17) is 17.0 Å². The molecular weight excluding hydrogens is 523 g/mol. The van der Waals surface area contributed by atoms with Gasteiger partial charge in [0.15, 0.2) is 16.6 Å². The Morgan fingerprint density at radius 1 is 1.09 bits per heavy atom. The van der Waals surface area contributed by atoms with Gasteiger partial charge in [0.05, 0.1) is 12.7 Å². The molecule has 0 radical (unpaired) electrons. The molecule has 0 spiro atoms. The van der Waals surface area contributed by atoms with Crippen molar-refractivity contribution in [2.45, 2.75) is 25.3 Å². The minimum absolute atomic E-state index is 0.000314. The molecule has 0 saturated heterocycles. The Labute approximate surface area is 200 Å². The van der Waals surface area contributed by atoms with Crippen molar-refractivity contribution in [2.75, 3.05) is 20.2 Å². The van der Waals surface area contributed by atoms with Crippen LogP contribution in [-0.4, -0.2) is 56.2 Å². The third-order valence-corrected chi connectivity index (χ3v) is 6.43. The zero-order valence-electron chi connectivity index (χ0n) is 18.6. The van der Waals surface area contributed by atoms with Gasteiger partial charge in [0, 0.05) is 30.8 Å². The minimum Gasteiger partial charge on any atom is -0.497 e. The smallest absolute Gasteiger partial charge is 0.310 e. The highest BCUT2D eigenvalue weighted by molar-refractivity contribution is 8.45. The zero-order chi connectivity index (χ0) is 26.4. The maximum Gasteiger partial charge on any atom is 0.310 e. The van der Waals surface area contributed by atoms with E-state index in [1.165, 1.54) is 11.0 Å². The molecule has 3 aromatic rings. The summed E-state index contributed by atoms with van der Waals surface area (Å²) in [6, 6.07) is 2.26. The van der Waals surface area contributed by atoms with Crippen LogP contribution in [0.25, 0.3) is 5.65 Å². The lowest BCUT2D eigenvalue weighted by Gasteiger charge is -2.40. The molecule has 0 atom stereocenters. The number of methoxy groups -OCH3 is 1. The molecule has 0 aliphatic rings. The standard InChI is InChI=1S/C19H20ClF5N6O3S/c1-4-29(5-2)18(33)14-9-16-27-30(19(26)31(16)28-17(14)20)10-15(32)11-6-12(34-3)8-13(7-11)35(21,22,23,24)25/h6-9,26H,4-5,10H2,1-3H3. The van der Waals surface area contributed by atoms with E-state index in [0.29, 0.717) is 13.1 Å². The molecule has 1 aromatic carbocycles. The van der Waals surface area contributed by atoms with E-state index >= 15 is 0 Å². The van der Waals surface area contributed by atoms with E-state index in [1.807, 2.05) is 0 Å². The average molecular weight is 543 g/mol. The lowest BCUT2D eigenvalue weighted by atomic mass is 10.1. The van der Waals surface area contributed by atoms with Crippen molar-refractivity contribution in [1.29, 1.82) is 5.41 Å². The first-order valence-electron chi connectivity index (χ1n) is 9.95. The molecule has 35 heavy (non-hydrogen) atoms. The summed E-state index contributed by atoms with van der Waals surface area (Å²) in [4.78, 5) is 24.5. The van der Waals surface area contributed by atoms with Gasteiger partial charge in [0.25, 0.3) is 5.91 Å². The molecule has 9 nitrogen and oxygen atoms in total. The van der Waals surface area contributed by atoms with Crippen molar-refractivity contribution >= 4 is 39.2 Å². The van der Waals surface area contributed by atoms with Gasteiger partial charge in [-0.1, -0.05) is 31.0 Å². The molecule has 2 aromatic heterocycles. The number of nitrogens with one attached hydrogen (secondary N) is 1. The molecule has 0 aliphatic heterocycles. The van der Waals surface area contributed by atoms with Crippen molar-refractivity contribution in [3.05, 3.63) is 46.2 Å². The maximum absolute atomic E-state index is 13.3. The Hall–Kier alpha value is -3.20. The van der Waals surface area contributed by atoms with Crippen LogP contribution >= 0.6 is 21.8 Å². The highest BCUT2D eigenvalue weighted by Gasteiger charge is 2.65. The van der Waals surface area contributed by atoms with Crippen LogP contribution in [0.3, 0.4) is 0 Å². The van der Waals surface area contributed by atoms with Crippen molar-refractivity contribution in [2.24, 2.45) is 0 Å². The van der Waals surface area contributed by atoms with Crippen LogP contribution in [0.5, 0.6) is 5.75 Å². The van der Waals surface area contributed by atoms with Gasteiger partial charge in [0.2, 0.25) is 5.62 Å². The average Bonchev–Trinajstić information content (AvgIpc) is 3.06. The van der Waals surface area contributed by atoms with Gasteiger partial charge >= 0.3 is 10.2 Å². The number of carbonyl (C=O) groups is 2. The molecule has 2 heterocycles. The summed E-state index contributed by atoms with van der Waals surface area (Å²) in [6.07, 6.45) is 0. The van der Waals surface area contributed by atoms with E-state index in [0.717, 1.165) is 22.4 Å². The number of Topliss-reactive ketones (excluding diaryl/α,β-unsaturated/α-hetero) is 1. The number of fused-ring (bicyclic) bond motifs is 1. The second-order valence-corrected chi connectivity index (χ2v) is 10.1. The van der Waals surface area contributed by atoms with Crippen LogP contribution in [-0.2, 0) is 6.54 Å². The van der Waals surface area contributed by atoms with Gasteiger partial charge in [-0.25, -0.2) is 4.68 Å². The highest BCUT2D eigenvalue weighted by Crippen LogP contribution is 3.02. The third-order valence-electron chi connectivity index (χ3n) is 5.03. The summed E-state index contributed by atoms with van der Waals surface area (Å²) in [5.41, 5.74) is -1.26. The number of aromatic nitrogens is 4. The predicted molar refractivity (Wildman–Crippen MR) is 118 cm³/mol. The summed E-state index contributed by atoms with van der Waals surface area (Å²) < 4.78 is 72.9. The van der Waals surface area contributed by atoms with Gasteiger partial charge in [-0.15, -0.1) is 5.10 Å². The normalized spacial score (nSPS) is 13.9. The fraction of sp³-hybridized carbons (Fsp3) is 0.316. The second kappa shape index (κ2) is 8.19. The zero-order valence-corrected chi connectivity index (χ0v) is 20.1. The fourth-order valence-corrected chi connectivity index (χ4v) is 4.09. The summed E-state index contributed by atoms with van der Waals surface area (Å²) in [5, 5.41) is 15.9. The molecule has 0 aliphatic carbocycles. The number of nitrogens with zero attached hydrogens (tertiary/aromatic N) is 5. The van der Waals surface area contributed by atoms with Crippen molar-refractivity contribution < 1.29 is 33.8 Å². The topological polar surface area (TPSA) is 106 Å². The molecule has 3 rings (SSSR count). The highest BCUT2D eigenvalue weighted by atomic mass is 35.5. The number of hydrogen-bond donors (Lipinski definition) is 1. The monoisotopic (exact) mass is 542 g/mol. The molecule has 0 saturated carbocycles. The molecule has 1 N–H and O–H groups in total. The van der Waals surface area contributed by atoms with Crippen LogP contribution in [0.2, 0.25) is 5.15 Å². The number of benzene rings is 1. The second-order valence-electron chi connectivity index (χ2n) is 7.37. The van der Waals surface area contributed by atoms with Gasteiger partial charge < -0.3 is 9.64 Å². The Kier molecular flexibility index (Phi) is 6.18. The Morgan fingerprint density at radius 3 is 2.26 bits per heavy atom. The van der Waals surface area contributed by atoms with E-state index in [9.17, 15) is 29.0 Å². The number of rotatable bonds is 8. The first-order chi connectivity index (χ1) is 16.0.